The Morgan fingerprint density at radius 1 is 1.11 bits per heavy atom. The molecule has 3 rings (SSSR count). The topological polar surface area (TPSA) is 67.9 Å². The monoisotopic (exact) mass is 368 g/mol. The molecule has 1 amide bonds. The lowest BCUT2D eigenvalue weighted by atomic mass is 10.0. The van der Waals surface area contributed by atoms with Gasteiger partial charge in [0, 0.05) is 30.8 Å². The first-order valence-corrected chi connectivity index (χ1v) is 8.88. The second-order valence-electron chi connectivity index (χ2n) is 6.56. The number of anilines is 2. The highest BCUT2D eigenvalue weighted by Crippen LogP contribution is 2.31. The van der Waals surface area contributed by atoms with Crippen molar-refractivity contribution in [2.24, 2.45) is 0 Å². The lowest BCUT2D eigenvalue weighted by Crippen LogP contribution is -2.27. The van der Waals surface area contributed by atoms with Gasteiger partial charge in [0.2, 0.25) is 5.91 Å². The number of carbonyl (C=O) groups is 2. The van der Waals surface area contributed by atoms with Gasteiger partial charge in [-0.1, -0.05) is 0 Å². The highest BCUT2D eigenvalue weighted by molar-refractivity contribution is 6.03. The molecule has 1 heterocycles. The summed E-state index contributed by atoms with van der Waals surface area (Å²) >= 11 is 0. The zero-order chi connectivity index (χ0) is 19.6. The van der Waals surface area contributed by atoms with Crippen molar-refractivity contribution < 1.29 is 19.1 Å². The smallest absolute Gasteiger partial charge is 0.223 e. The number of hydrogen-bond donors (Lipinski definition) is 1. The van der Waals surface area contributed by atoms with E-state index in [4.69, 9.17) is 9.47 Å². The molecule has 0 spiro atoms. The van der Waals surface area contributed by atoms with E-state index < -0.39 is 6.04 Å². The van der Waals surface area contributed by atoms with Crippen molar-refractivity contribution in [1.82, 2.24) is 0 Å². The van der Waals surface area contributed by atoms with Crippen LogP contribution in [0, 0.1) is 0 Å². The molecule has 1 aliphatic heterocycles. The summed E-state index contributed by atoms with van der Waals surface area (Å²) in [5, 5.41) is 3.21. The molecule has 0 saturated carbocycles. The number of ketones is 1. The van der Waals surface area contributed by atoms with Crippen molar-refractivity contribution in [2.45, 2.75) is 26.3 Å². The van der Waals surface area contributed by atoms with Gasteiger partial charge in [-0.2, -0.15) is 0 Å². The normalized spacial score (nSPS) is 13.7. The van der Waals surface area contributed by atoms with Crippen LogP contribution in [0.25, 0.3) is 0 Å². The first-order chi connectivity index (χ1) is 12.9. The molecule has 0 aliphatic carbocycles. The number of rotatable bonds is 6. The highest BCUT2D eigenvalue weighted by Gasteiger charge is 2.24. The third kappa shape index (κ3) is 3.74. The molecule has 1 N–H and O–H groups in total. The standard InChI is InChI=1S/C21H24N2O4/c1-13(22-18-7-6-17(26-3)12-20(18)27-4)21(25)16-5-8-19-15(11-16)9-10-23(19)14(2)24/h5-8,11-13,22H,9-10H2,1-4H3. The zero-order valence-electron chi connectivity index (χ0n) is 16.0. The van der Waals surface area contributed by atoms with Crippen LogP contribution in [0.2, 0.25) is 0 Å². The zero-order valence-corrected chi connectivity index (χ0v) is 16.0. The summed E-state index contributed by atoms with van der Waals surface area (Å²) in [5.74, 6) is 1.30. The number of methoxy groups -OCH3 is 2. The number of Topliss-reactive ketones (excluding diaryl/α,β-unsaturated/α-hetero) is 1. The van der Waals surface area contributed by atoms with Crippen molar-refractivity contribution in [3.63, 3.8) is 0 Å². The molecule has 1 aliphatic rings. The Hall–Kier alpha value is -3.02. The molecule has 1 unspecified atom stereocenters. The van der Waals surface area contributed by atoms with Gasteiger partial charge < -0.3 is 19.7 Å². The Morgan fingerprint density at radius 2 is 1.89 bits per heavy atom. The van der Waals surface area contributed by atoms with Crippen LogP contribution in [-0.2, 0) is 11.2 Å². The van der Waals surface area contributed by atoms with E-state index in [1.807, 2.05) is 31.2 Å². The minimum atomic E-state index is -0.435. The van der Waals surface area contributed by atoms with Gasteiger partial charge in [-0.3, -0.25) is 9.59 Å². The Balaban J connectivity index is 1.78. The predicted octanol–water partition coefficient (Wildman–Crippen LogP) is 3.30. The molecule has 2 aromatic carbocycles. The summed E-state index contributed by atoms with van der Waals surface area (Å²) in [6.07, 6.45) is 0.768. The largest absolute Gasteiger partial charge is 0.497 e. The van der Waals surface area contributed by atoms with Crippen molar-refractivity contribution in [1.29, 1.82) is 0 Å². The van der Waals surface area contributed by atoms with Gasteiger partial charge in [0.25, 0.3) is 0 Å². The van der Waals surface area contributed by atoms with E-state index in [2.05, 4.69) is 5.32 Å². The predicted molar refractivity (Wildman–Crippen MR) is 105 cm³/mol. The fourth-order valence-electron chi connectivity index (χ4n) is 3.35. The number of amides is 1. The summed E-state index contributed by atoms with van der Waals surface area (Å²) in [4.78, 5) is 26.3. The Labute approximate surface area is 159 Å². The van der Waals surface area contributed by atoms with Gasteiger partial charge in [0.1, 0.15) is 11.5 Å². The van der Waals surface area contributed by atoms with E-state index in [0.717, 1.165) is 23.4 Å². The van der Waals surface area contributed by atoms with Crippen molar-refractivity contribution in [3.8, 4) is 11.5 Å². The van der Waals surface area contributed by atoms with Gasteiger partial charge in [-0.25, -0.2) is 0 Å². The maximum atomic E-state index is 12.9. The summed E-state index contributed by atoms with van der Waals surface area (Å²) in [6, 6.07) is 10.5. The molecule has 0 fully saturated rings. The van der Waals surface area contributed by atoms with E-state index in [-0.39, 0.29) is 11.7 Å². The average Bonchev–Trinajstić information content (AvgIpc) is 3.11. The molecule has 2 aromatic rings. The van der Waals surface area contributed by atoms with Gasteiger partial charge in [-0.15, -0.1) is 0 Å². The summed E-state index contributed by atoms with van der Waals surface area (Å²) in [5.41, 5.74) is 3.29. The number of fused-ring (bicyclic) bond motifs is 1. The van der Waals surface area contributed by atoms with Crippen LogP contribution >= 0.6 is 0 Å². The molecule has 6 nitrogen and oxygen atoms in total. The molecule has 1 atom stereocenters. The van der Waals surface area contributed by atoms with Crippen LogP contribution in [-0.4, -0.2) is 38.5 Å². The molecule has 27 heavy (non-hydrogen) atoms. The van der Waals surface area contributed by atoms with Crippen molar-refractivity contribution in [3.05, 3.63) is 47.5 Å². The van der Waals surface area contributed by atoms with Gasteiger partial charge in [-0.05, 0) is 49.2 Å². The highest BCUT2D eigenvalue weighted by atomic mass is 16.5. The summed E-state index contributed by atoms with van der Waals surface area (Å²) < 4.78 is 10.6. The molecule has 0 aromatic heterocycles. The molecule has 0 radical (unpaired) electrons. The molecule has 0 bridgehead atoms. The van der Waals surface area contributed by atoms with Crippen LogP contribution in [0.15, 0.2) is 36.4 Å². The fraction of sp³-hybridized carbons (Fsp3) is 0.333. The van der Waals surface area contributed by atoms with Crippen LogP contribution in [0.1, 0.15) is 29.8 Å². The first-order valence-electron chi connectivity index (χ1n) is 8.88. The molecular formula is C21H24N2O4. The number of ether oxygens (including phenoxy) is 2. The van der Waals surface area contributed by atoms with Crippen molar-refractivity contribution in [2.75, 3.05) is 31.0 Å². The maximum absolute atomic E-state index is 12.9. The average molecular weight is 368 g/mol. The second kappa shape index (κ2) is 7.70. The summed E-state index contributed by atoms with van der Waals surface area (Å²) in [6.45, 7) is 4.04. The van der Waals surface area contributed by atoms with E-state index in [1.165, 1.54) is 0 Å². The number of nitrogens with one attached hydrogen (secondary N) is 1. The molecule has 142 valence electrons. The maximum Gasteiger partial charge on any atom is 0.223 e. The fourth-order valence-corrected chi connectivity index (χ4v) is 3.35. The van der Waals surface area contributed by atoms with Gasteiger partial charge in [0.15, 0.2) is 5.78 Å². The Kier molecular flexibility index (Phi) is 5.35. The lowest BCUT2D eigenvalue weighted by molar-refractivity contribution is -0.116. The van der Waals surface area contributed by atoms with Crippen LogP contribution in [0.4, 0.5) is 11.4 Å². The number of nitrogens with zero attached hydrogens (tertiary/aromatic N) is 1. The third-order valence-corrected chi connectivity index (χ3v) is 4.81. The molecule has 6 heteroatoms. The minimum absolute atomic E-state index is 0.0167. The number of hydrogen-bond acceptors (Lipinski definition) is 5. The van der Waals surface area contributed by atoms with E-state index >= 15 is 0 Å². The Bertz CT molecular complexity index is 878. The van der Waals surface area contributed by atoms with E-state index in [1.54, 1.807) is 38.2 Å². The van der Waals surface area contributed by atoms with Crippen LogP contribution in [0.5, 0.6) is 11.5 Å². The SMILES string of the molecule is COc1ccc(NC(C)C(=O)c2ccc3c(c2)CCN3C(C)=O)c(OC)c1. The van der Waals surface area contributed by atoms with Gasteiger partial charge >= 0.3 is 0 Å². The minimum Gasteiger partial charge on any atom is -0.497 e. The van der Waals surface area contributed by atoms with E-state index in [9.17, 15) is 9.59 Å². The quantitative estimate of drug-likeness (QED) is 0.793. The van der Waals surface area contributed by atoms with Gasteiger partial charge in [0.05, 0.1) is 25.9 Å². The molecular weight excluding hydrogens is 344 g/mol. The lowest BCUT2D eigenvalue weighted by Gasteiger charge is -2.18. The van der Waals surface area contributed by atoms with Crippen molar-refractivity contribution >= 4 is 23.1 Å². The van der Waals surface area contributed by atoms with Crippen LogP contribution in [0.3, 0.4) is 0 Å². The number of carbonyl (C=O) groups excluding carboxylic acids is 2. The third-order valence-electron chi connectivity index (χ3n) is 4.81. The van der Waals surface area contributed by atoms with Crippen LogP contribution < -0.4 is 19.7 Å². The summed E-state index contributed by atoms with van der Waals surface area (Å²) in [7, 11) is 3.17. The second-order valence-corrected chi connectivity index (χ2v) is 6.56. The van der Waals surface area contributed by atoms with E-state index in [0.29, 0.717) is 23.6 Å². The number of benzene rings is 2. The Morgan fingerprint density at radius 3 is 2.56 bits per heavy atom. The molecule has 0 saturated heterocycles. The first kappa shape index (κ1) is 18.8.